The Morgan fingerprint density at radius 1 is 1.00 bits per heavy atom. The van der Waals surface area contributed by atoms with E-state index in [1.807, 2.05) is 36.4 Å². The second-order valence-electron chi connectivity index (χ2n) is 3.98. The van der Waals surface area contributed by atoms with Crippen LogP contribution in [0.1, 0.15) is 22.9 Å². The number of hydrogen-bond acceptors (Lipinski definition) is 4. The third-order valence-electron chi connectivity index (χ3n) is 2.92. The van der Waals surface area contributed by atoms with Crippen LogP contribution in [0.2, 0.25) is 0 Å². The van der Waals surface area contributed by atoms with Gasteiger partial charge in [-0.1, -0.05) is 18.2 Å². The van der Waals surface area contributed by atoms with Crippen LogP contribution in [0.15, 0.2) is 47.6 Å². The maximum absolute atomic E-state index is 5.92. The maximum Gasteiger partial charge on any atom is 0.129 e. The molecule has 1 aromatic carbocycles. The molecule has 0 saturated heterocycles. The molecule has 4 N–H and O–H groups in total. The predicted octanol–water partition coefficient (Wildman–Crippen LogP) is 1.47. The number of aliphatic imine (C=N–C) groups is 1. The highest BCUT2D eigenvalue weighted by Crippen LogP contribution is 2.35. The van der Waals surface area contributed by atoms with Crippen LogP contribution >= 0.6 is 0 Å². The highest BCUT2D eigenvalue weighted by Gasteiger charge is 2.27. The molecular weight excluding hydrogens is 212 g/mol. The molecule has 1 aliphatic rings. The first-order chi connectivity index (χ1) is 8.27. The van der Waals surface area contributed by atoms with Gasteiger partial charge in [0.15, 0.2) is 0 Å². The molecule has 0 aliphatic carbocycles. The summed E-state index contributed by atoms with van der Waals surface area (Å²) in [4.78, 5) is 8.76. The van der Waals surface area contributed by atoms with E-state index in [0.717, 1.165) is 16.8 Å². The first kappa shape index (κ1) is 9.84. The minimum atomic E-state index is -0.130. The number of rotatable bonds is 1. The third kappa shape index (κ3) is 1.45. The molecule has 2 heterocycles. The normalized spacial score (nSPS) is 17.6. The van der Waals surface area contributed by atoms with Gasteiger partial charge in [0.25, 0.3) is 0 Å². The van der Waals surface area contributed by atoms with Gasteiger partial charge in [-0.2, -0.15) is 0 Å². The van der Waals surface area contributed by atoms with E-state index < -0.39 is 0 Å². The molecule has 17 heavy (non-hydrogen) atoms. The average Bonchev–Trinajstić information content (AvgIpc) is 2.69. The Morgan fingerprint density at radius 3 is 2.65 bits per heavy atom. The van der Waals surface area contributed by atoms with Crippen LogP contribution < -0.4 is 11.5 Å². The van der Waals surface area contributed by atoms with Crippen LogP contribution in [-0.4, -0.2) is 10.8 Å². The summed E-state index contributed by atoms with van der Waals surface area (Å²) in [6.45, 7) is 0. The molecule has 1 unspecified atom stereocenters. The lowest BCUT2D eigenvalue weighted by atomic mass is 9.99. The molecule has 2 aromatic rings. The fourth-order valence-electron chi connectivity index (χ4n) is 2.15. The molecule has 4 heteroatoms. The van der Waals surface area contributed by atoms with Gasteiger partial charge in [0.2, 0.25) is 0 Å². The lowest BCUT2D eigenvalue weighted by molar-refractivity contribution is 0.850. The van der Waals surface area contributed by atoms with E-state index in [1.165, 1.54) is 0 Å². The zero-order valence-electron chi connectivity index (χ0n) is 9.17. The lowest BCUT2D eigenvalue weighted by Gasteiger charge is -2.09. The molecule has 3 rings (SSSR count). The van der Waals surface area contributed by atoms with Crippen molar-refractivity contribution >= 4 is 11.5 Å². The number of benzene rings is 1. The van der Waals surface area contributed by atoms with Crippen molar-refractivity contribution < 1.29 is 0 Å². The first-order valence-corrected chi connectivity index (χ1v) is 5.40. The molecule has 0 radical (unpaired) electrons. The summed E-state index contributed by atoms with van der Waals surface area (Å²) in [7, 11) is 0. The van der Waals surface area contributed by atoms with Gasteiger partial charge >= 0.3 is 0 Å². The van der Waals surface area contributed by atoms with Crippen LogP contribution in [0.4, 0.5) is 5.69 Å². The number of nitrogens with two attached hydrogens (primary N) is 2. The fourth-order valence-corrected chi connectivity index (χ4v) is 2.15. The topological polar surface area (TPSA) is 77.3 Å². The van der Waals surface area contributed by atoms with Gasteiger partial charge in [0, 0.05) is 17.4 Å². The van der Waals surface area contributed by atoms with Crippen molar-refractivity contribution in [3.05, 3.63) is 59.4 Å². The second kappa shape index (κ2) is 3.59. The highest BCUT2D eigenvalue weighted by molar-refractivity contribution is 6.06. The van der Waals surface area contributed by atoms with Gasteiger partial charge in [-0.25, -0.2) is 0 Å². The van der Waals surface area contributed by atoms with Gasteiger partial charge < -0.3 is 11.5 Å². The number of pyridine rings is 1. The highest BCUT2D eigenvalue weighted by atomic mass is 15.0. The standard InChI is InChI=1S/C13H12N4/c14-9-5-3-4-8-11(9)13(15)17-12(8)10-6-1-2-7-16-10/h1-7,12H,14H2,(H2,15,17). The van der Waals surface area contributed by atoms with Crippen molar-refractivity contribution in [2.75, 3.05) is 5.73 Å². The van der Waals surface area contributed by atoms with E-state index in [1.54, 1.807) is 6.20 Å². The van der Waals surface area contributed by atoms with Gasteiger partial charge in [0.1, 0.15) is 11.9 Å². The molecule has 1 aromatic heterocycles. The summed E-state index contributed by atoms with van der Waals surface area (Å²) < 4.78 is 0. The Morgan fingerprint density at radius 2 is 1.88 bits per heavy atom. The van der Waals surface area contributed by atoms with Gasteiger partial charge in [0.05, 0.1) is 5.69 Å². The predicted molar refractivity (Wildman–Crippen MR) is 67.7 cm³/mol. The number of anilines is 1. The molecule has 0 amide bonds. The minimum Gasteiger partial charge on any atom is -0.398 e. The maximum atomic E-state index is 5.92. The largest absolute Gasteiger partial charge is 0.398 e. The van der Waals surface area contributed by atoms with E-state index in [0.29, 0.717) is 11.5 Å². The van der Waals surface area contributed by atoms with Crippen LogP contribution in [0.3, 0.4) is 0 Å². The van der Waals surface area contributed by atoms with E-state index in [4.69, 9.17) is 11.5 Å². The number of amidine groups is 1. The second-order valence-corrected chi connectivity index (χ2v) is 3.98. The van der Waals surface area contributed by atoms with Crippen molar-refractivity contribution in [1.29, 1.82) is 0 Å². The number of fused-ring (bicyclic) bond motifs is 1. The molecule has 0 fully saturated rings. The van der Waals surface area contributed by atoms with Crippen molar-refractivity contribution in [2.24, 2.45) is 10.7 Å². The molecule has 0 spiro atoms. The molecule has 1 aliphatic heterocycles. The summed E-state index contributed by atoms with van der Waals surface area (Å²) in [6, 6.07) is 11.4. The molecule has 0 saturated carbocycles. The van der Waals surface area contributed by atoms with Crippen molar-refractivity contribution in [2.45, 2.75) is 6.04 Å². The molecule has 84 valence electrons. The Bertz CT molecular complexity index is 590. The number of hydrogen-bond donors (Lipinski definition) is 2. The Balaban J connectivity index is 2.17. The Kier molecular flexibility index (Phi) is 2.08. The SMILES string of the molecule is NC1=NC(c2ccccn2)c2cccc(N)c21. The van der Waals surface area contributed by atoms with Crippen LogP contribution in [-0.2, 0) is 0 Å². The first-order valence-electron chi connectivity index (χ1n) is 5.40. The molecule has 0 bridgehead atoms. The quantitative estimate of drug-likeness (QED) is 0.720. The van der Waals surface area contributed by atoms with E-state index >= 15 is 0 Å². The lowest BCUT2D eigenvalue weighted by Crippen LogP contribution is -2.12. The Hall–Kier alpha value is -2.36. The van der Waals surface area contributed by atoms with Crippen molar-refractivity contribution in [3.8, 4) is 0 Å². The fraction of sp³-hybridized carbons (Fsp3) is 0.0769. The number of aromatic nitrogens is 1. The molecule has 1 atom stereocenters. The summed E-state index contributed by atoms with van der Waals surface area (Å²) in [6.07, 6.45) is 1.76. The van der Waals surface area contributed by atoms with Crippen LogP contribution in [0.5, 0.6) is 0 Å². The molecular formula is C13H12N4. The van der Waals surface area contributed by atoms with Crippen LogP contribution in [0.25, 0.3) is 0 Å². The van der Waals surface area contributed by atoms with E-state index in [9.17, 15) is 0 Å². The van der Waals surface area contributed by atoms with Crippen molar-refractivity contribution in [1.82, 2.24) is 4.98 Å². The van der Waals surface area contributed by atoms with Gasteiger partial charge in [-0.05, 0) is 23.8 Å². The van der Waals surface area contributed by atoms with E-state index in [-0.39, 0.29) is 6.04 Å². The van der Waals surface area contributed by atoms with Gasteiger partial charge in [-0.15, -0.1) is 0 Å². The van der Waals surface area contributed by atoms with Crippen molar-refractivity contribution in [3.63, 3.8) is 0 Å². The third-order valence-corrected chi connectivity index (χ3v) is 2.92. The number of nitrogen functional groups attached to an aromatic ring is 1. The van der Waals surface area contributed by atoms with Gasteiger partial charge in [-0.3, -0.25) is 9.98 Å². The summed E-state index contributed by atoms with van der Waals surface area (Å²) >= 11 is 0. The summed E-state index contributed by atoms with van der Waals surface area (Å²) in [5, 5.41) is 0. The summed E-state index contributed by atoms with van der Waals surface area (Å²) in [5.74, 6) is 0.494. The smallest absolute Gasteiger partial charge is 0.129 e. The zero-order chi connectivity index (χ0) is 11.8. The monoisotopic (exact) mass is 224 g/mol. The Labute approximate surface area is 99.0 Å². The summed E-state index contributed by atoms with van der Waals surface area (Å²) in [5.41, 5.74) is 15.3. The molecule has 4 nitrogen and oxygen atoms in total. The van der Waals surface area contributed by atoms with E-state index in [2.05, 4.69) is 9.98 Å². The number of nitrogens with zero attached hydrogens (tertiary/aromatic N) is 2. The van der Waals surface area contributed by atoms with Crippen LogP contribution in [0, 0.1) is 0 Å². The minimum absolute atomic E-state index is 0.130. The zero-order valence-corrected chi connectivity index (χ0v) is 9.17. The average molecular weight is 224 g/mol.